The lowest BCUT2D eigenvalue weighted by Gasteiger charge is -2.42. The van der Waals surface area contributed by atoms with E-state index in [0.29, 0.717) is 61.8 Å². The van der Waals surface area contributed by atoms with E-state index in [1.807, 2.05) is 4.90 Å². The lowest BCUT2D eigenvalue weighted by atomic mass is 10.00. The lowest BCUT2D eigenvalue weighted by Crippen LogP contribution is -2.57. The number of hydrogen-bond donors (Lipinski definition) is 0. The number of hydrogen-bond acceptors (Lipinski definition) is 8. The quantitative estimate of drug-likeness (QED) is 0.254. The van der Waals surface area contributed by atoms with Crippen molar-refractivity contribution in [2.24, 2.45) is 0 Å². The number of rotatable bonds is 12. The first-order valence-corrected chi connectivity index (χ1v) is 14.4. The number of anilines is 1. The zero-order valence-corrected chi connectivity index (χ0v) is 23.7. The summed E-state index contributed by atoms with van der Waals surface area (Å²) in [4.78, 5) is 42.1. The van der Waals surface area contributed by atoms with Crippen LogP contribution >= 0.6 is 0 Å². The number of piperidine rings is 1. The summed E-state index contributed by atoms with van der Waals surface area (Å²) < 4.78 is 29.7. The maximum atomic E-state index is 14.0. The first kappa shape index (κ1) is 29.9. The summed E-state index contributed by atoms with van der Waals surface area (Å²) in [5.74, 6) is 0.799. The third kappa shape index (κ3) is 7.14. The lowest BCUT2D eigenvalue weighted by molar-refractivity contribution is -0.198. The molecule has 0 saturated carbocycles. The van der Waals surface area contributed by atoms with Gasteiger partial charge in [-0.2, -0.15) is 0 Å². The van der Waals surface area contributed by atoms with Gasteiger partial charge in [-0.25, -0.2) is 9.69 Å². The number of benzene rings is 1. The summed E-state index contributed by atoms with van der Waals surface area (Å²) in [5.41, 5.74) is 0.672. The van der Waals surface area contributed by atoms with Crippen molar-refractivity contribution in [2.45, 2.75) is 89.7 Å². The third-order valence-corrected chi connectivity index (χ3v) is 7.55. The number of nitrogens with zero attached hydrogens (tertiary/aromatic N) is 2. The number of ketones is 1. The van der Waals surface area contributed by atoms with Crippen molar-refractivity contribution in [1.29, 1.82) is 0 Å². The summed E-state index contributed by atoms with van der Waals surface area (Å²) in [5, 5.41) is 0. The molecule has 0 aromatic heterocycles. The number of Topliss-reactive ketones (excluding diaryl/α,β-unsaturated/α-hetero) is 1. The standard InChI is InChI=1S/C30H42N2O8/c1-4-16-39-30(35)32-24-20-26(37-17-10-5-6-12-21(2)33)25(36-3)19-22(24)28(34)31-15-9-7-13-23(31)29(32)40-27-14-8-11-18-38-27/h4,19-20,23,27,29H,1,5-18H2,2-3H3/t23-,27?,29-/m0/s1. The van der Waals surface area contributed by atoms with Crippen LogP contribution in [0.3, 0.4) is 0 Å². The molecule has 220 valence electrons. The molecule has 1 unspecified atom stereocenters. The highest BCUT2D eigenvalue weighted by molar-refractivity contribution is 6.06. The van der Waals surface area contributed by atoms with Crippen LogP contribution in [0, 0.1) is 0 Å². The molecule has 3 aliphatic heterocycles. The van der Waals surface area contributed by atoms with Crippen molar-refractivity contribution in [3.8, 4) is 11.5 Å². The molecule has 2 saturated heterocycles. The number of amides is 2. The van der Waals surface area contributed by atoms with Gasteiger partial charge in [-0.3, -0.25) is 4.79 Å². The Balaban J connectivity index is 1.71. The van der Waals surface area contributed by atoms with Crippen molar-refractivity contribution >= 4 is 23.5 Å². The number of fused-ring (bicyclic) bond motifs is 2. The minimum Gasteiger partial charge on any atom is -0.493 e. The molecule has 0 radical (unpaired) electrons. The summed E-state index contributed by atoms with van der Waals surface area (Å²) in [6, 6.07) is 2.95. The van der Waals surface area contributed by atoms with Gasteiger partial charge < -0.3 is 33.4 Å². The van der Waals surface area contributed by atoms with Crippen molar-refractivity contribution in [1.82, 2.24) is 4.90 Å². The predicted octanol–water partition coefficient (Wildman–Crippen LogP) is 5.23. The Morgan fingerprint density at radius 2 is 1.93 bits per heavy atom. The van der Waals surface area contributed by atoms with Crippen LogP contribution in [0.25, 0.3) is 0 Å². The second-order valence-corrected chi connectivity index (χ2v) is 10.5. The van der Waals surface area contributed by atoms with E-state index in [4.69, 9.17) is 23.7 Å². The monoisotopic (exact) mass is 558 g/mol. The van der Waals surface area contributed by atoms with E-state index in [1.54, 1.807) is 19.1 Å². The van der Waals surface area contributed by atoms with Crippen molar-refractivity contribution in [3.05, 3.63) is 30.4 Å². The summed E-state index contributed by atoms with van der Waals surface area (Å²) in [7, 11) is 1.52. The number of unbranched alkanes of at least 4 members (excludes halogenated alkanes) is 2. The van der Waals surface area contributed by atoms with Gasteiger partial charge in [0.05, 0.1) is 31.0 Å². The van der Waals surface area contributed by atoms with E-state index in [1.165, 1.54) is 18.1 Å². The first-order valence-electron chi connectivity index (χ1n) is 14.4. The van der Waals surface area contributed by atoms with Crippen LogP contribution in [0.4, 0.5) is 10.5 Å². The average molecular weight is 559 g/mol. The second kappa shape index (κ2) is 14.5. The van der Waals surface area contributed by atoms with E-state index in [9.17, 15) is 14.4 Å². The molecule has 0 bridgehead atoms. The van der Waals surface area contributed by atoms with Crippen LogP contribution in [-0.4, -0.2) is 74.7 Å². The highest BCUT2D eigenvalue weighted by Crippen LogP contribution is 2.42. The second-order valence-electron chi connectivity index (χ2n) is 10.5. The minimum atomic E-state index is -0.807. The zero-order valence-electron chi connectivity index (χ0n) is 23.7. The van der Waals surface area contributed by atoms with Crippen LogP contribution in [0.15, 0.2) is 24.8 Å². The molecule has 3 aliphatic rings. The Labute approximate surface area is 236 Å². The largest absolute Gasteiger partial charge is 0.493 e. The molecule has 0 N–H and O–H groups in total. The van der Waals surface area contributed by atoms with Gasteiger partial charge in [-0.15, -0.1) is 0 Å². The molecule has 0 spiro atoms. The van der Waals surface area contributed by atoms with Gasteiger partial charge in [0.2, 0.25) is 0 Å². The first-order chi connectivity index (χ1) is 19.4. The maximum absolute atomic E-state index is 14.0. The molecule has 3 atom stereocenters. The fraction of sp³-hybridized carbons (Fsp3) is 0.633. The number of carbonyl (C=O) groups is 3. The summed E-state index contributed by atoms with van der Waals surface area (Å²) in [6.45, 7) is 6.82. The minimum absolute atomic E-state index is 0.0133. The molecule has 10 heteroatoms. The maximum Gasteiger partial charge on any atom is 0.416 e. The Morgan fingerprint density at radius 3 is 2.65 bits per heavy atom. The van der Waals surface area contributed by atoms with Crippen LogP contribution in [0.2, 0.25) is 0 Å². The van der Waals surface area contributed by atoms with Crippen LogP contribution < -0.4 is 14.4 Å². The molecule has 2 fully saturated rings. The van der Waals surface area contributed by atoms with Gasteiger partial charge in [-0.1, -0.05) is 12.7 Å². The Bertz CT molecular complexity index is 1050. The van der Waals surface area contributed by atoms with E-state index in [-0.39, 0.29) is 24.3 Å². The molecule has 1 aromatic carbocycles. The molecule has 2 amide bonds. The van der Waals surface area contributed by atoms with Crippen molar-refractivity contribution in [3.63, 3.8) is 0 Å². The van der Waals surface area contributed by atoms with E-state index in [2.05, 4.69) is 6.58 Å². The fourth-order valence-corrected chi connectivity index (χ4v) is 5.52. The van der Waals surface area contributed by atoms with E-state index in [0.717, 1.165) is 44.9 Å². The Morgan fingerprint density at radius 1 is 1.10 bits per heavy atom. The highest BCUT2D eigenvalue weighted by atomic mass is 16.7. The van der Waals surface area contributed by atoms with Gasteiger partial charge in [0.15, 0.2) is 24.0 Å². The summed E-state index contributed by atoms with van der Waals surface area (Å²) >= 11 is 0. The third-order valence-electron chi connectivity index (χ3n) is 7.55. The SMILES string of the molecule is C=CCOC(=O)N1c2cc(OCCCCCC(C)=O)c(OC)cc2C(=O)N2CCCC[C@H]2[C@@H]1OC1CCCCO1. The molecular weight excluding hydrogens is 516 g/mol. The van der Waals surface area contributed by atoms with Crippen LogP contribution in [0.1, 0.15) is 81.5 Å². The van der Waals surface area contributed by atoms with Gasteiger partial charge >= 0.3 is 6.09 Å². The molecule has 3 heterocycles. The van der Waals surface area contributed by atoms with Gasteiger partial charge in [0.1, 0.15) is 12.4 Å². The van der Waals surface area contributed by atoms with Crippen molar-refractivity contribution in [2.75, 3.05) is 38.4 Å². The highest BCUT2D eigenvalue weighted by Gasteiger charge is 2.46. The fourth-order valence-electron chi connectivity index (χ4n) is 5.52. The Hall–Kier alpha value is -3.11. The van der Waals surface area contributed by atoms with Gasteiger partial charge in [0, 0.05) is 25.6 Å². The van der Waals surface area contributed by atoms with E-state index >= 15 is 0 Å². The normalized spacial score (nSPS) is 22.6. The average Bonchev–Trinajstić information content (AvgIpc) is 3.06. The number of methoxy groups -OCH3 is 1. The predicted molar refractivity (Wildman–Crippen MR) is 149 cm³/mol. The zero-order chi connectivity index (χ0) is 28.5. The molecule has 10 nitrogen and oxygen atoms in total. The Kier molecular flexibility index (Phi) is 10.8. The number of carbonyl (C=O) groups excluding carboxylic acids is 3. The van der Waals surface area contributed by atoms with Crippen LogP contribution in [0.5, 0.6) is 11.5 Å². The molecule has 40 heavy (non-hydrogen) atoms. The topological polar surface area (TPSA) is 104 Å². The van der Waals surface area contributed by atoms with E-state index < -0.39 is 18.6 Å². The molecule has 4 rings (SSSR count). The molecular formula is C30H42N2O8. The number of ether oxygens (including phenoxy) is 5. The summed E-state index contributed by atoms with van der Waals surface area (Å²) in [6.07, 6.45) is 7.61. The van der Waals surface area contributed by atoms with Crippen LogP contribution in [-0.2, 0) is 19.0 Å². The van der Waals surface area contributed by atoms with Gasteiger partial charge in [-0.05, 0) is 70.8 Å². The van der Waals surface area contributed by atoms with Crippen molar-refractivity contribution < 1.29 is 38.1 Å². The molecule has 0 aliphatic carbocycles. The van der Waals surface area contributed by atoms with Gasteiger partial charge in [0.25, 0.3) is 5.91 Å². The smallest absolute Gasteiger partial charge is 0.416 e. The molecule has 1 aromatic rings.